The minimum Gasteiger partial charge on any atom is -0.446 e. The van der Waals surface area contributed by atoms with E-state index in [0.717, 1.165) is 29.9 Å². The number of anilines is 1. The molecular formula is C21H23N5O3. The highest BCUT2D eigenvalue weighted by Crippen LogP contribution is 2.46. The van der Waals surface area contributed by atoms with Crippen LogP contribution in [0.2, 0.25) is 0 Å². The molecule has 8 nitrogen and oxygen atoms in total. The zero-order valence-electron chi connectivity index (χ0n) is 16.9. The lowest BCUT2D eigenvalue weighted by molar-refractivity contribution is 0.116. The molecule has 0 unspecified atom stereocenters. The molecule has 3 aromatic rings. The molecule has 1 aliphatic carbocycles. The number of nitrogens with zero attached hydrogens (tertiary/aromatic N) is 5. The van der Waals surface area contributed by atoms with E-state index in [1.54, 1.807) is 11.2 Å². The predicted octanol–water partition coefficient (Wildman–Crippen LogP) is 4.40. The molecule has 1 saturated carbocycles. The van der Waals surface area contributed by atoms with Crippen LogP contribution in [0.5, 0.6) is 0 Å². The highest BCUT2D eigenvalue weighted by molar-refractivity contribution is 5.94. The summed E-state index contributed by atoms with van der Waals surface area (Å²) in [6, 6.07) is 7.72. The number of aromatic nitrogens is 4. The van der Waals surface area contributed by atoms with Crippen LogP contribution in [0.4, 0.5) is 10.5 Å². The van der Waals surface area contributed by atoms with Gasteiger partial charge >= 0.3 is 6.09 Å². The van der Waals surface area contributed by atoms with Crippen molar-refractivity contribution < 1.29 is 14.1 Å². The second-order valence-electron chi connectivity index (χ2n) is 8.36. The van der Waals surface area contributed by atoms with Gasteiger partial charge in [0.25, 0.3) is 0 Å². The van der Waals surface area contributed by atoms with Crippen LogP contribution in [0, 0.1) is 0 Å². The Kier molecular flexibility index (Phi) is 3.81. The Labute approximate surface area is 168 Å². The molecule has 2 aromatic heterocycles. The first-order chi connectivity index (χ1) is 13.9. The van der Waals surface area contributed by atoms with Crippen LogP contribution in [0.3, 0.4) is 0 Å². The molecule has 1 fully saturated rings. The van der Waals surface area contributed by atoms with E-state index in [1.165, 1.54) is 0 Å². The average molecular weight is 393 g/mol. The first kappa shape index (κ1) is 17.9. The van der Waals surface area contributed by atoms with Crippen molar-refractivity contribution in [1.29, 1.82) is 0 Å². The number of carbonyl (C=O) groups excluding carboxylic acids is 1. The van der Waals surface area contributed by atoms with Gasteiger partial charge < -0.3 is 9.26 Å². The van der Waals surface area contributed by atoms with E-state index in [9.17, 15) is 4.79 Å². The van der Waals surface area contributed by atoms with E-state index in [0.29, 0.717) is 23.3 Å². The SMILES string of the molecule is CC(C)OC(=O)N1c2ccccc2-n2cnc(-c3noc(C4CC4)n3)c2C1(C)C. The van der Waals surface area contributed by atoms with Crippen molar-refractivity contribution in [3.63, 3.8) is 0 Å². The van der Waals surface area contributed by atoms with E-state index >= 15 is 0 Å². The molecule has 0 saturated heterocycles. The van der Waals surface area contributed by atoms with Gasteiger partial charge in [0.2, 0.25) is 11.7 Å². The van der Waals surface area contributed by atoms with Gasteiger partial charge in [0.15, 0.2) is 0 Å². The van der Waals surface area contributed by atoms with Gasteiger partial charge in [-0.2, -0.15) is 4.98 Å². The normalized spacial score (nSPS) is 17.2. The summed E-state index contributed by atoms with van der Waals surface area (Å²) in [4.78, 5) is 24.0. The standard InChI is InChI=1S/C21H23N5O3/c1-12(2)28-20(27)26-15-8-6-5-7-14(15)25-11-22-16(17(25)21(26,3)4)18-23-19(29-24-18)13-9-10-13/h5-8,11-13H,9-10H2,1-4H3. The van der Waals surface area contributed by atoms with Crippen molar-refractivity contribution in [3.8, 4) is 17.2 Å². The molecule has 1 amide bonds. The smallest absolute Gasteiger partial charge is 0.415 e. The second kappa shape index (κ2) is 6.17. The Hall–Kier alpha value is -3.16. The number of benzene rings is 1. The Morgan fingerprint density at radius 2 is 1.97 bits per heavy atom. The summed E-state index contributed by atoms with van der Waals surface area (Å²) < 4.78 is 13.0. The predicted molar refractivity (Wildman–Crippen MR) is 106 cm³/mol. The number of hydrogen-bond donors (Lipinski definition) is 0. The number of carbonyl (C=O) groups is 1. The third kappa shape index (κ3) is 2.73. The van der Waals surface area contributed by atoms with Crippen LogP contribution >= 0.6 is 0 Å². The molecule has 1 aliphatic heterocycles. The third-order valence-electron chi connectivity index (χ3n) is 5.39. The van der Waals surface area contributed by atoms with Gasteiger partial charge in [0.05, 0.1) is 28.7 Å². The number of amides is 1. The minimum atomic E-state index is -0.744. The molecule has 29 heavy (non-hydrogen) atoms. The minimum absolute atomic E-state index is 0.227. The Bertz CT molecular complexity index is 1090. The van der Waals surface area contributed by atoms with Crippen LogP contribution in [-0.2, 0) is 10.3 Å². The number of para-hydroxylation sites is 2. The summed E-state index contributed by atoms with van der Waals surface area (Å²) >= 11 is 0. The monoisotopic (exact) mass is 393 g/mol. The van der Waals surface area contributed by atoms with E-state index in [-0.39, 0.29) is 6.10 Å². The number of rotatable bonds is 3. The summed E-state index contributed by atoms with van der Waals surface area (Å²) in [5, 5.41) is 4.17. The molecule has 0 radical (unpaired) electrons. The van der Waals surface area contributed by atoms with Crippen LogP contribution in [-0.4, -0.2) is 31.9 Å². The van der Waals surface area contributed by atoms with Gasteiger partial charge in [-0.15, -0.1) is 0 Å². The lowest BCUT2D eigenvalue weighted by Crippen LogP contribution is -2.50. The first-order valence-electron chi connectivity index (χ1n) is 9.90. The molecule has 8 heteroatoms. The van der Waals surface area contributed by atoms with E-state index in [2.05, 4.69) is 15.1 Å². The molecule has 5 rings (SSSR count). The van der Waals surface area contributed by atoms with Crippen molar-refractivity contribution in [2.75, 3.05) is 4.90 Å². The molecule has 0 N–H and O–H groups in total. The lowest BCUT2D eigenvalue weighted by atomic mass is 9.92. The largest absolute Gasteiger partial charge is 0.446 e. The second-order valence-corrected chi connectivity index (χ2v) is 8.36. The van der Waals surface area contributed by atoms with Crippen LogP contribution in [0.25, 0.3) is 17.2 Å². The molecule has 150 valence electrons. The quantitative estimate of drug-likeness (QED) is 0.655. The molecule has 0 spiro atoms. The van der Waals surface area contributed by atoms with Crippen molar-refractivity contribution in [2.45, 2.75) is 58.1 Å². The third-order valence-corrected chi connectivity index (χ3v) is 5.39. The van der Waals surface area contributed by atoms with Crippen molar-refractivity contribution >= 4 is 11.8 Å². The fourth-order valence-electron chi connectivity index (χ4n) is 3.95. The molecular weight excluding hydrogens is 370 g/mol. The van der Waals surface area contributed by atoms with E-state index in [4.69, 9.17) is 9.26 Å². The van der Waals surface area contributed by atoms with Gasteiger partial charge in [0.1, 0.15) is 12.0 Å². The molecule has 0 atom stereocenters. The summed E-state index contributed by atoms with van der Waals surface area (Å²) in [7, 11) is 0. The Morgan fingerprint density at radius 1 is 1.24 bits per heavy atom. The fourth-order valence-corrected chi connectivity index (χ4v) is 3.95. The van der Waals surface area contributed by atoms with Crippen molar-refractivity contribution in [2.24, 2.45) is 0 Å². The van der Waals surface area contributed by atoms with Crippen LogP contribution < -0.4 is 4.90 Å². The van der Waals surface area contributed by atoms with Crippen LogP contribution in [0.1, 0.15) is 58.0 Å². The van der Waals surface area contributed by atoms with E-state index < -0.39 is 11.6 Å². The summed E-state index contributed by atoms with van der Waals surface area (Å²) in [6.07, 6.45) is 3.29. The Morgan fingerprint density at radius 3 is 2.66 bits per heavy atom. The van der Waals surface area contributed by atoms with Crippen molar-refractivity contribution in [1.82, 2.24) is 19.7 Å². The van der Waals surface area contributed by atoms with E-state index in [1.807, 2.05) is 56.5 Å². The maximum atomic E-state index is 13.1. The zero-order valence-corrected chi connectivity index (χ0v) is 16.9. The highest BCUT2D eigenvalue weighted by Gasteiger charge is 2.45. The van der Waals surface area contributed by atoms with Crippen LogP contribution in [0.15, 0.2) is 35.1 Å². The number of ether oxygens (including phenoxy) is 1. The van der Waals surface area contributed by atoms with Gasteiger partial charge in [-0.25, -0.2) is 9.78 Å². The summed E-state index contributed by atoms with van der Waals surface area (Å²) in [6.45, 7) is 7.64. The maximum absolute atomic E-state index is 13.1. The lowest BCUT2D eigenvalue weighted by Gasteiger charge is -2.43. The van der Waals surface area contributed by atoms with Gasteiger partial charge in [0, 0.05) is 5.92 Å². The summed E-state index contributed by atoms with van der Waals surface area (Å²) in [5.74, 6) is 1.47. The molecule has 0 bridgehead atoms. The topological polar surface area (TPSA) is 86.3 Å². The molecule has 1 aromatic carbocycles. The highest BCUT2D eigenvalue weighted by atomic mass is 16.6. The number of hydrogen-bond acceptors (Lipinski definition) is 6. The van der Waals surface area contributed by atoms with Gasteiger partial charge in [-0.3, -0.25) is 9.47 Å². The van der Waals surface area contributed by atoms with Crippen molar-refractivity contribution in [3.05, 3.63) is 42.2 Å². The first-order valence-corrected chi connectivity index (χ1v) is 9.90. The summed E-state index contributed by atoms with van der Waals surface area (Å²) in [5.41, 5.74) is 2.31. The number of fused-ring (bicyclic) bond motifs is 3. The van der Waals surface area contributed by atoms with Gasteiger partial charge in [-0.05, 0) is 52.7 Å². The number of imidazole rings is 1. The van der Waals surface area contributed by atoms with Gasteiger partial charge in [-0.1, -0.05) is 17.3 Å². The maximum Gasteiger partial charge on any atom is 0.415 e. The average Bonchev–Trinajstić information content (AvgIpc) is 3.21. The molecule has 3 heterocycles. The Balaban J connectivity index is 1.68. The fraction of sp³-hybridized carbons (Fsp3) is 0.429. The molecule has 2 aliphatic rings. The zero-order chi connectivity index (χ0) is 20.3.